The van der Waals surface area contributed by atoms with E-state index in [0.29, 0.717) is 5.82 Å². The summed E-state index contributed by atoms with van der Waals surface area (Å²) in [6, 6.07) is 7.29. The molecule has 5 nitrogen and oxygen atoms in total. The van der Waals surface area contributed by atoms with Gasteiger partial charge in [0.25, 0.3) is 5.56 Å². The van der Waals surface area contributed by atoms with E-state index in [-0.39, 0.29) is 5.56 Å². The lowest BCUT2D eigenvalue weighted by Gasteiger charge is -2.02. The monoisotopic (exact) mass is 308 g/mol. The van der Waals surface area contributed by atoms with Crippen LogP contribution in [-0.4, -0.2) is 23.0 Å². The molecule has 92 valence electrons. The molecule has 0 saturated heterocycles. The van der Waals surface area contributed by atoms with Crippen molar-refractivity contribution in [1.82, 2.24) is 9.97 Å². The number of benzene rings is 1. The summed E-state index contributed by atoms with van der Waals surface area (Å²) >= 11 is 3.32. The highest BCUT2D eigenvalue weighted by atomic mass is 79.9. The molecule has 0 aliphatic carbocycles. The van der Waals surface area contributed by atoms with Gasteiger partial charge in [-0.25, -0.2) is 9.78 Å². The van der Waals surface area contributed by atoms with Crippen molar-refractivity contribution in [3.05, 3.63) is 50.9 Å². The molecule has 0 saturated carbocycles. The van der Waals surface area contributed by atoms with E-state index in [1.54, 1.807) is 12.1 Å². The molecule has 1 aromatic carbocycles. The van der Waals surface area contributed by atoms with Gasteiger partial charge in [0.1, 0.15) is 11.4 Å². The first-order valence-electron chi connectivity index (χ1n) is 5.05. The van der Waals surface area contributed by atoms with Crippen LogP contribution in [0.25, 0.3) is 11.4 Å². The fraction of sp³-hybridized carbons (Fsp3) is 0.0833. The van der Waals surface area contributed by atoms with E-state index in [1.165, 1.54) is 13.3 Å². The topological polar surface area (TPSA) is 72.0 Å². The third kappa shape index (κ3) is 2.48. The number of hydrogen-bond donors (Lipinski definition) is 1. The molecule has 0 aliphatic heterocycles. The van der Waals surface area contributed by atoms with Crippen LogP contribution in [0.1, 0.15) is 10.4 Å². The third-order valence-corrected chi connectivity index (χ3v) is 2.85. The molecule has 0 bridgehead atoms. The molecule has 1 aromatic heterocycles. The van der Waals surface area contributed by atoms with E-state index in [2.05, 4.69) is 30.6 Å². The Bertz CT molecular complexity index is 635. The molecule has 0 aliphatic rings. The van der Waals surface area contributed by atoms with Gasteiger partial charge in [-0.3, -0.25) is 4.79 Å². The number of aromatic nitrogens is 2. The fourth-order valence-corrected chi connectivity index (χ4v) is 1.67. The number of H-pyrrole nitrogens is 1. The number of ether oxygens (including phenoxy) is 1. The molecule has 0 spiro atoms. The molecule has 0 unspecified atom stereocenters. The quantitative estimate of drug-likeness (QED) is 0.861. The van der Waals surface area contributed by atoms with Crippen LogP contribution in [0.4, 0.5) is 0 Å². The predicted octanol–water partition coefficient (Wildman–Crippen LogP) is 1.99. The van der Waals surface area contributed by atoms with Crippen LogP contribution in [0.15, 0.2) is 39.7 Å². The average molecular weight is 309 g/mol. The van der Waals surface area contributed by atoms with Crippen LogP contribution in [0.5, 0.6) is 0 Å². The van der Waals surface area contributed by atoms with Crippen LogP contribution in [0.3, 0.4) is 0 Å². The number of esters is 1. The first-order valence-corrected chi connectivity index (χ1v) is 5.84. The highest BCUT2D eigenvalue weighted by molar-refractivity contribution is 9.10. The van der Waals surface area contributed by atoms with Crippen LogP contribution < -0.4 is 5.56 Å². The van der Waals surface area contributed by atoms with Gasteiger partial charge in [-0.05, 0) is 12.1 Å². The van der Waals surface area contributed by atoms with E-state index in [0.717, 1.165) is 10.0 Å². The molecule has 1 N–H and O–H groups in total. The van der Waals surface area contributed by atoms with Crippen molar-refractivity contribution in [3.8, 4) is 11.4 Å². The maximum Gasteiger partial charge on any atom is 0.345 e. The summed E-state index contributed by atoms with van der Waals surface area (Å²) in [7, 11) is 1.21. The molecule has 0 fully saturated rings. The number of nitrogens with one attached hydrogen (secondary N) is 1. The van der Waals surface area contributed by atoms with Crippen molar-refractivity contribution in [2.24, 2.45) is 0 Å². The Morgan fingerprint density at radius 3 is 2.56 bits per heavy atom. The predicted molar refractivity (Wildman–Crippen MR) is 69.3 cm³/mol. The summed E-state index contributed by atoms with van der Waals surface area (Å²) in [4.78, 5) is 29.5. The Balaban J connectivity index is 2.43. The highest BCUT2D eigenvalue weighted by Crippen LogP contribution is 2.17. The van der Waals surface area contributed by atoms with Crippen molar-refractivity contribution in [2.75, 3.05) is 7.11 Å². The van der Waals surface area contributed by atoms with E-state index >= 15 is 0 Å². The zero-order valence-electron chi connectivity index (χ0n) is 9.44. The minimum atomic E-state index is -0.703. The standard InChI is InChI=1S/C12H9BrN2O3/c1-18-12(17)9-6-14-10(15-11(9)16)7-2-4-8(13)5-3-7/h2-6H,1H3,(H,14,15,16). The smallest absolute Gasteiger partial charge is 0.345 e. The first kappa shape index (κ1) is 12.5. The number of carbonyl (C=O) groups excluding carboxylic acids is 1. The lowest BCUT2D eigenvalue weighted by molar-refractivity contribution is 0.0598. The lowest BCUT2D eigenvalue weighted by atomic mass is 10.2. The van der Waals surface area contributed by atoms with E-state index in [4.69, 9.17) is 0 Å². The Hall–Kier alpha value is -1.95. The van der Waals surface area contributed by atoms with Crippen molar-refractivity contribution in [2.45, 2.75) is 0 Å². The molecule has 0 radical (unpaired) electrons. The fourth-order valence-electron chi connectivity index (χ4n) is 1.40. The minimum absolute atomic E-state index is 0.113. The largest absolute Gasteiger partial charge is 0.465 e. The Morgan fingerprint density at radius 1 is 1.33 bits per heavy atom. The van der Waals surface area contributed by atoms with Gasteiger partial charge < -0.3 is 9.72 Å². The highest BCUT2D eigenvalue weighted by Gasteiger charge is 2.12. The number of halogens is 1. The van der Waals surface area contributed by atoms with Crippen molar-refractivity contribution in [1.29, 1.82) is 0 Å². The summed E-state index contributed by atoms with van der Waals surface area (Å²) in [6.07, 6.45) is 1.21. The summed E-state index contributed by atoms with van der Waals surface area (Å²) in [5.74, 6) is -0.300. The summed E-state index contributed by atoms with van der Waals surface area (Å²) in [5, 5.41) is 0. The van der Waals surface area contributed by atoms with Crippen molar-refractivity contribution < 1.29 is 9.53 Å². The third-order valence-electron chi connectivity index (χ3n) is 2.32. The number of nitrogens with zero attached hydrogens (tertiary/aromatic N) is 1. The number of aromatic amines is 1. The van der Waals surface area contributed by atoms with Crippen molar-refractivity contribution in [3.63, 3.8) is 0 Å². The molecule has 18 heavy (non-hydrogen) atoms. The molecular formula is C12H9BrN2O3. The minimum Gasteiger partial charge on any atom is -0.465 e. The normalized spacial score (nSPS) is 10.1. The maximum absolute atomic E-state index is 11.7. The van der Waals surface area contributed by atoms with Gasteiger partial charge in [-0.1, -0.05) is 28.1 Å². The summed E-state index contributed by atoms with van der Waals surface area (Å²) in [5.41, 5.74) is 0.125. The average Bonchev–Trinajstić information content (AvgIpc) is 2.38. The van der Waals surface area contributed by atoms with E-state index in [9.17, 15) is 9.59 Å². The maximum atomic E-state index is 11.7. The summed E-state index contributed by atoms with van der Waals surface area (Å²) in [6.45, 7) is 0. The Kier molecular flexibility index (Phi) is 3.57. The number of rotatable bonds is 2. The SMILES string of the molecule is COC(=O)c1cnc(-c2ccc(Br)cc2)[nH]c1=O. The second kappa shape index (κ2) is 5.14. The molecule has 6 heteroatoms. The molecule has 0 amide bonds. The van der Waals surface area contributed by atoms with Crippen LogP contribution in [0.2, 0.25) is 0 Å². The first-order chi connectivity index (χ1) is 8.61. The molecule has 1 heterocycles. The van der Waals surface area contributed by atoms with Gasteiger partial charge in [0.15, 0.2) is 0 Å². The number of hydrogen-bond acceptors (Lipinski definition) is 4. The molecule has 2 aromatic rings. The second-order valence-corrected chi connectivity index (χ2v) is 4.39. The van der Waals surface area contributed by atoms with Gasteiger partial charge >= 0.3 is 5.97 Å². The van der Waals surface area contributed by atoms with E-state index in [1.807, 2.05) is 12.1 Å². The second-order valence-electron chi connectivity index (χ2n) is 3.47. The van der Waals surface area contributed by atoms with E-state index < -0.39 is 11.5 Å². The van der Waals surface area contributed by atoms with Gasteiger partial charge in [-0.2, -0.15) is 0 Å². The molecular weight excluding hydrogens is 300 g/mol. The zero-order chi connectivity index (χ0) is 13.1. The van der Waals surface area contributed by atoms with Crippen molar-refractivity contribution >= 4 is 21.9 Å². The Morgan fingerprint density at radius 2 is 2.00 bits per heavy atom. The number of carbonyl (C=O) groups is 1. The zero-order valence-corrected chi connectivity index (χ0v) is 11.0. The van der Waals surface area contributed by atoms with Crippen LogP contribution in [-0.2, 0) is 4.74 Å². The Labute approximate surface area is 111 Å². The number of methoxy groups -OCH3 is 1. The lowest BCUT2D eigenvalue weighted by Crippen LogP contribution is -2.20. The molecule has 2 rings (SSSR count). The van der Waals surface area contributed by atoms with Gasteiger partial charge in [-0.15, -0.1) is 0 Å². The van der Waals surface area contributed by atoms with Crippen LogP contribution >= 0.6 is 15.9 Å². The summed E-state index contributed by atoms with van der Waals surface area (Å²) < 4.78 is 5.40. The van der Waals surface area contributed by atoms with Gasteiger partial charge in [0, 0.05) is 16.2 Å². The molecule has 0 atom stereocenters. The van der Waals surface area contributed by atoms with Gasteiger partial charge in [0.05, 0.1) is 7.11 Å². The van der Waals surface area contributed by atoms with Gasteiger partial charge in [0.2, 0.25) is 0 Å². The van der Waals surface area contributed by atoms with Crippen LogP contribution in [0, 0.1) is 0 Å².